The van der Waals surface area contributed by atoms with Gasteiger partial charge in [0.2, 0.25) is 0 Å². The summed E-state index contributed by atoms with van der Waals surface area (Å²) in [6.07, 6.45) is 6.04. The molecule has 3 aliphatic rings. The molecule has 0 heterocycles. The minimum absolute atomic E-state index is 0. The molecule has 1 unspecified atom stereocenters. The second-order valence-corrected chi connectivity index (χ2v) is 27.4. The Bertz CT molecular complexity index is 1910. The Labute approximate surface area is 281 Å². The Morgan fingerprint density at radius 1 is 0.698 bits per heavy atom. The summed E-state index contributed by atoms with van der Waals surface area (Å²) in [5.41, 5.74) is 18.2. The van der Waals surface area contributed by atoms with Crippen LogP contribution in [0, 0.1) is 5.92 Å². The van der Waals surface area contributed by atoms with Crippen molar-refractivity contribution in [2.24, 2.45) is 5.92 Å². The largest absolute Gasteiger partial charge is 1.00 e. The Morgan fingerprint density at radius 2 is 1.40 bits per heavy atom. The summed E-state index contributed by atoms with van der Waals surface area (Å²) in [5.74, 6) is 0.230. The molecule has 0 aromatic heterocycles. The van der Waals surface area contributed by atoms with Gasteiger partial charge in [0.1, 0.15) is 0 Å². The van der Waals surface area contributed by atoms with Gasteiger partial charge in [0, 0.05) is 0 Å². The van der Waals surface area contributed by atoms with Crippen LogP contribution < -0.4 is 28.1 Å². The molecule has 8 rings (SSSR count). The van der Waals surface area contributed by atoms with E-state index in [1.54, 1.807) is 20.0 Å². The van der Waals surface area contributed by atoms with Crippen LogP contribution in [0.3, 0.4) is 0 Å². The van der Waals surface area contributed by atoms with Crippen LogP contribution in [0.4, 0.5) is 0 Å². The van der Waals surface area contributed by atoms with Crippen LogP contribution in [-0.4, -0.2) is 5.92 Å². The molecular formula is C39H36Cl2SiZr. The van der Waals surface area contributed by atoms with Crippen LogP contribution >= 0.6 is 0 Å². The number of rotatable bonds is 5. The molecule has 0 radical (unpaired) electrons. The number of benzene rings is 5. The van der Waals surface area contributed by atoms with Crippen LogP contribution in [-0.2, 0) is 41.7 Å². The number of halogens is 2. The van der Waals surface area contributed by atoms with Gasteiger partial charge >= 0.3 is 258 Å². The molecule has 0 bridgehead atoms. The molecule has 3 aliphatic carbocycles. The van der Waals surface area contributed by atoms with Gasteiger partial charge in [0.05, 0.1) is 0 Å². The molecular weight excluding hydrogens is 659 g/mol. The number of hydrogen-bond donors (Lipinski definition) is 0. The van der Waals surface area contributed by atoms with Crippen LogP contribution in [0.15, 0.2) is 90.5 Å². The summed E-state index contributed by atoms with van der Waals surface area (Å²) in [6.45, 7) is 9.98. The molecule has 0 spiro atoms. The van der Waals surface area contributed by atoms with Crippen molar-refractivity contribution in [2.75, 3.05) is 0 Å². The van der Waals surface area contributed by atoms with E-state index in [1.807, 2.05) is 0 Å². The zero-order chi connectivity index (χ0) is 27.8. The van der Waals surface area contributed by atoms with Crippen molar-refractivity contribution >= 4 is 26.0 Å². The van der Waals surface area contributed by atoms with Gasteiger partial charge in [-0.3, -0.25) is 0 Å². The standard InChI is InChI=1S/C37H29.C2H7Si.2ClH.Zr/c1-22(2)33-21-35-28(29-19-18-24-17-16-23-9-5-13-30(29)36(23)24)12-7-15-32(35)37(33)31-14-6-11-27-26-10-4-3-8-25(26)20-34(27)31;1-3-2;;;/h3-13,15,18-19,21-22,37H,16-17,20H2,1-2H3;3H,1-2H3;2*1H;/q;;;;+2/p-2. The van der Waals surface area contributed by atoms with Gasteiger partial charge in [0.15, 0.2) is 0 Å². The Hall–Kier alpha value is -2.22. The van der Waals surface area contributed by atoms with Gasteiger partial charge in [-0.15, -0.1) is 0 Å². The summed E-state index contributed by atoms with van der Waals surface area (Å²) in [7, 11) is 0. The van der Waals surface area contributed by atoms with E-state index < -0.39 is 28.3 Å². The molecule has 0 nitrogen and oxygen atoms in total. The summed E-state index contributed by atoms with van der Waals surface area (Å²) in [5, 5.41) is 2.95. The second-order valence-electron chi connectivity index (χ2n) is 12.8. The number of aryl methyl sites for hydroxylation is 2. The van der Waals surface area contributed by atoms with Crippen molar-refractivity contribution in [1.82, 2.24) is 0 Å². The third kappa shape index (κ3) is 4.89. The minimum Gasteiger partial charge on any atom is -1.00 e. The van der Waals surface area contributed by atoms with Crippen molar-refractivity contribution in [1.29, 1.82) is 0 Å². The van der Waals surface area contributed by atoms with Crippen LogP contribution in [0.1, 0.15) is 58.7 Å². The number of hydrogen-bond acceptors (Lipinski definition) is 0. The molecule has 0 amide bonds. The van der Waals surface area contributed by atoms with Gasteiger partial charge in [0.25, 0.3) is 0 Å². The zero-order valence-electron chi connectivity index (χ0n) is 25.3. The van der Waals surface area contributed by atoms with E-state index in [2.05, 4.69) is 118 Å². The smallest absolute Gasteiger partial charge is 1.00 e. The summed E-state index contributed by atoms with van der Waals surface area (Å²) in [6, 6.07) is 33.2. The monoisotopic (exact) mass is 692 g/mol. The maximum Gasteiger partial charge on any atom is -1.00 e. The summed E-state index contributed by atoms with van der Waals surface area (Å²) in [4.78, 5) is 0. The molecule has 0 aliphatic heterocycles. The SMILES string of the molecule is CC(C)C1=Cc2c(-c3ccc4c5c(cccc35)CC4)cccc2C1c1[c]([Zr+2][SiH](C)C)ccc2c1Cc1ccccc1-2.[Cl-].[Cl-]. The second kappa shape index (κ2) is 11.9. The first-order valence-corrected chi connectivity index (χ1v) is 23.8. The number of fused-ring (bicyclic) bond motifs is 4. The predicted octanol–water partition coefficient (Wildman–Crippen LogP) is 3.06. The molecule has 0 N–H and O–H groups in total. The minimum atomic E-state index is -0.642. The van der Waals surface area contributed by atoms with E-state index in [1.165, 1.54) is 73.7 Å². The van der Waals surface area contributed by atoms with E-state index in [0.29, 0.717) is 11.8 Å². The van der Waals surface area contributed by atoms with E-state index in [4.69, 9.17) is 0 Å². The summed E-state index contributed by atoms with van der Waals surface area (Å²) >= 11 is -0.611. The van der Waals surface area contributed by atoms with Crippen LogP contribution in [0.25, 0.3) is 39.1 Å². The topological polar surface area (TPSA) is 0 Å². The van der Waals surface area contributed by atoms with Gasteiger partial charge in [-0.05, 0) is 0 Å². The summed E-state index contributed by atoms with van der Waals surface area (Å²) < 4.78 is 1.77. The average molecular weight is 695 g/mol. The zero-order valence-corrected chi connectivity index (χ0v) is 30.4. The molecule has 0 fully saturated rings. The van der Waals surface area contributed by atoms with Gasteiger partial charge in [-0.25, -0.2) is 0 Å². The van der Waals surface area contributed by atoms with Crippen LogP contribution in [0.5, 0.6) is 0 Å². The normalized spacial score (nSPS) is 15.5. The Balaban J connectivity index is 0.00000165. The average Bonchev–Trinajstić information content (AvgIpc) is 3.67. The van der Waals surface area contributed by atoms with Crippen LogP contribution in [0.2, 0.25) is 13.1 Å². The van der Waals surface area contributed by atoms with E-state index in [-0.39, 0.29) is 24.8 Å². The fourth-order valence-electron chi connectivity index (χ4n) is 7.97. The maximum atomic E-state index is 2.60. The first-order valence-electron chi connectivity index (χ1n) is 15.4. The molecule has 5 aromatic carbocycles. The van der Waals surface area contributed by atoms with Crippen molar-refractivity contribution in [3.8, 4) is 22.3 Å². The molecule has 4 heteroatoms. The number of allylic oxidation sites excluding steroid dienone is 1. The van der Waals surface area contributed by atoms with Gasteiger partial charge in [-0.2, -0.15) is 0 Å². The van der Waals surface area contributed by atoms with E-state index in [9.17, 15) is 0 Å². The van der Waals surface area contributed by atoms with Crippen molar-refractivity contribution in [3.63, 3.8) is 0 Å². The predicted molar refractivity (Wildman–Crippen MR) is 175 cm³/mol. The fraction of sp³-hybridized carbons (Fsp3) is 0.231. The third-order valence-electron chi connectivity index (χ3n) is 9.69. The Morgan fingerprint density at radius 3 is 2.19 bits per heavy atom. The first-order chi connectivity index (χ1) is 20.0. The first kappa shape index (κ1) is 30.8. The Kier molecular flexibility index (Phi) is 8.55. The van der Waals surface area contributed by atoms with E-state index in [0.717, 1.165) is 6.42 Å². The molecule has 1 atom stereocenters. The third-order valence-corrected chi connectivity index (χ3v) is 18.2. The quantitative estimate of drug-likeness (QED) is 0.244. The molecule has 214 valence electrons. The maximum absolute atomic E-state index is 2.60. The molecule has 5 aromatic rings. The van der Waals surface area contributed by atoms with Crippen molar-refractivity contribution < 1.29 is 47.2 Å². The van der Waals surface area contributed by atoms with Crippen molar-refractivity contribution in [3.05, 3.63) is 129 Å². The molecule has 0 saturated carbocycles. The molecule has 43 heavy (non-hydrogen) atoms. The van der Waals surface area contributed by atoms with E-state index >= 15 is 0 Å². The van der Waals surface area contributed by atoms with Gasteiger partial charge in [-0.1, -0.05) is 0 Å². The fourth-order valence-corrected chi connectivity index (χ4v) is 16.2. The van der Waals surface area contributed by atoms with Gasteiger partial charge < -0.3 is 24.8 Å². The molecule has 0 saturated heterocycles. The van der Waals surface area contributed by atoms with Crippen molar-refractivity contribution in [2.45, 2.75) is 52.1 Å².